The fourth-order valence-electron chi connectivity index (χ4n) is 1.21. The molecule has 0 aliphatic heterocycles. The predicted molar refractivity (Wildman–Crippen MR) is 61.5 cm³/mol. The highest BCUT2D eigenvalue weighted by Crippen LogP contribution is 2.29. The molecule has 0 rings (SSSR count). The lowest BCUT2D eigenvalue weighted by molar-refractivity contribution is 0.100. The Morgan fingerprint density at radius 3 is 1.77 bits per heavy atom. The van der Waals surface area contributed by atoms with E-state index in [9.17, 15) is 5.11 Å². The van der Waals surface area contributed by atoms with E-state index in [1.54, 1.807) is 0 Å². The molecule has 0 aliphatic rings. The quantitative estimate of drug-likeness (QED) is 0.534. The van der Waals surface area contributed by atoms with Crippen molar-refractivity contribution >= 4 is 8.07 Å². The molecule has 0 amide bonds. The normalized spacial score (nSPS) is 15.0. The first-order valence-corrected chi connectivity index (χ1v) is 8.19. The first kappa shape index (κ1) is 12.7. The summed E-state index contributed by atoms with van der Waals surface area (Å²) in [5.41, 5.74) is 2.82. The lowest BCUT2D eigenvalue weighted by Gasteiger charge is -2.32. The maximum absolute atomic E-state index is 10.1. The number of aliphatic hydroxyl groups is 1. The van der Waals surface area contributed by atoms with Gasteiger partial charge in [-0.1, -0.05) is 47.0 Å². The van der Waals surface area contributed by atoms with Gasteiger partial charge < -0.3 is 5.11 Å². The van der Waals surface area contributed by atoms with E-state index in [2.05, 4.69) is 32.0 Å². The van der Waals surface area contributed by atoms with Crippen LogP contribution in [0.5, 0.6) is 0 Å². The molecule has 1 atom stereocenters. The Labute approximate surface area is 83.2 Å². The topological polar surface area (TPSA) is 20.2 Å². The van der Waals surface area contributed by atoms with Crippen LogP contribution in [0.1, 0.15) is 20.8 Å². The SMILES string of the molecule is C=C=C([C@@H](O)C(C)(C)C)[Si](C)(C)C. The van der Waals surface area contributed by atoms with Crippen LogP contribution >= 0.6 is 0 Å². The van der Waals surface area contributed by atoms with Crippen molar-refractivity contribution in [2.24, 2.45) is 5.41 Å². The molecular weight excluding hydrogens is 176 g/mol. The second-order valence-electron chi connectivity index (χ2n) is 5.61. The van der Waals surface area contributed by atoms with Crippen LogP contribution in [0, 0.1) is 5.41 Å². The molecule has 0 bridgehead atoms. The molecule has 76 valence electrons. The van der Waals surface area contributed by atoms with Gasteiger partial charge in [-0.2, -0.15) is 0 Å². The summed E-state index contributed by atoms with van der Waals surface area (Å²) < 4.78 is 0. The Hall–Kier alpha value is -0.303. The standard InChI is InChI=1S/C11H22OSi/c1-8-9(13(5,6)7)10(12)11(2,3)4/h10,12H,1H2,2-7H3/t10-/m1/s1. The van der Waals surface area contributed by atoms with Gasteiger partial charge in [0.15, 0.2) is 0 Å². The van der Waals surface area contributed by atoms with Crippen LogP contribution < -0.4 is 0 Å². The fraction of sp³-hybridized carbons (Fsp3) is 0.727. The van der Waals surface area contributed by atoms with Crippen LogP contribution in [0.2, 0.25) is 19.6 Å². The van der Waals surface area contributed by atoms with E-state index in [0.717, 1.165) is 5.20 Å². The summed E-state index contributed by atoms with van der Waals surface area (Å²) in [6, 6.07) is 0. The molecule has 0 unspecified atom stereocenters. The molecule has 0 aromatic rings. The van der Waals surface area contributed by atoms with E-state index in [0.29, 0.717) is 0 Å². The van der Waals surface area contributed by atoms with Gasteiger partial charge in [0.25, 0.3) is 0 Å². The summed E-state index contributed by atoms with van der Waals surface area (Å²) in [6.45, 7) is 16.4. The van der Waals surface area contributed by atoms with Crippen molar-refractivity contribution in [3.63, 3.8) is 0 Å². The largest absolute Gasteiger partial charge is 0.388 e. The van der Waals surface area contributed by atoms with Gasteiger partial charge in [0.2, 0.25) is 0 Å². The van der Waals surface area contributed by atoms with Gasteiger partial charge in [-0.3, -0.25) is 0 Å². The van der Waals surface area contributed by atoms with Gasteiger partial charge >= 0.3 is 0 Å². The molecule has 2 heteroatoms. The van der Waals surface area contributed by atoms with Crippen LogP contribution in [0.3, 0.4) is 0 Å². The summed E-state index contributed by atoms with van der Waals surface area (Å²) in [7, 11) is -1.47. The predicted octanol–water partition coefficient (Wildman–Crippen LogP) is 2.98. The Morgan fingerprint density at radius 1 is 1.31 bits per heavy atom. The maximum atomic E-state index is 10.1. The van der Waals surface area contributed by atoms with E-state index < -0.39 is 14.2 Å². The van der Waals surface area contributed by atoms with Crippen LogP contribution in [0.15, 0.2) is 17.5 Å². The average Bonchev–Trinajstić information content (AvgIpc) is 1.83. The van der Waals surface area contributed by atoms with Crippen molar-refractivity contribution in [3.05, 3.63) is 17.5 Å². The first-order chi connectivity index (χ1) is 5.60. The van der Waals surface area contributed by atoms with Gasteiger partial charge in [0.05, 0.1) is 14.2 Å². The Bertz CT molecular complexity index is 223. The molecular formula is C11H22OSi. The van der Waals surface area contributed by atoms with Gasteiger partial charge in [-0.15, -0.1) is 5.73 Å². The highest BCUT2D eigenvalue weighted by Gasteiger charge is 2.32. The Morgan fingerprint density at radius 2 is 1.69 bits per heavy atom. The zero-order chi connectivity index (χ0) is 10.9. The molecule has 0 aromatic heterocycles. The van der Waals surface area contributed by atoms with Crippen molar-refractivity contribution in [1.29, 1.82) is 0 Å². The van der Waals surface area contributed by atoms with Gasteiger partial charge in [-0.25, -0.2) is 0 Å². The average molecular weight is 198 g/mol. The second kappa shape index (κ2) is 3.83. The van der Waals surface area contributed by atoms with Crippen LogP contribution in [-0.2, 0) is 0 Å². The van der Waals surface area contributed by atoms with Gasteiger partial charge in [-0.05, 0) is 10.6 Å². The summed E-state index contributed by atoms with van der Waals surface area (Å²) in [5.74, 6) is 0. The Balaban J connectivity index is 4.96. The lowest BCUT2D eigenvalue weighted by Crippen LogP contribution is -2.38. The van der Waals surface area contributed by atoms with Crippen molar-refractivity contribution < 1.29 is 5.11 Å². The fourth-order valence-corrected chi connectivity index (χ4v) is 2.99. The van der Waals surface area contributed by atoms with Gasteiger partial charge in [0, 0.05) is 0 Å². The zero-order valence-corrected chi connectivity index (χ0v) is 10.7. The molecule has 1 N–H and O–H groups in total. The molecule has 0 aliphatic carbocycles. The van der Waals surface area contributed by atoms with Crippen LogP contribution in [-0.4, -0.2) is 19.3 Å². The highest BCUT2D eigenvalue weighted by atomic mass is 28.3. The molecule has 0 heterocycles. The second-order valence-corrected chi connectivity index (χ2v) is 10.6. The summed E-state index contributed by atoms with van der Waals surface area (Å²) >= 11 is 0. The van der Waals surface area contributed by atoms with E-state index in [1.165, 1.54) is 0 Å². The van der Waals surface area contributed by atoms with Crippen molar-refractivity contribution in [1.82, 2.24) is 0 Å². The molecule has 0 aromatic carbocycles. The summed E-state index contributed by atoms with van der Waals surface area (Å²) in [6.07, 6.45) is -0.406. The number of hydrogen-bond donors (Lipinski definition) is 1. The third-order valence-corrected chi connectivity index (χ3v) is 4.16. The molecule has 0 fully saturated rings. The number of hydrogen-bond acceptors (Lipinski definition) is 1. The van der Waals surface area contributed by atoms with E-state index in [1.807, 2.05) is 20.8 Å². The highest BCUT2D eigenvalue weighted by molar-refractivity contribution is 6.83. The smallest absolute Gasteiger partial charge is 0.0857 e. The minimum absolute atomic E-state index is 0.111. The van der Waals surface area contributed by atoms with E-state index in [-0.39, 0.29) is 5.41 Å². The molecule has 0 radical (unpaired) electrons. The summed E-state index contributed by atoms with van der Waals surface area (Å²) in [5, 5.41) is 11.1. The number of rotatable bonds is 2. The van der Waals surface area contributed by atoms with Crippen molar-refractivity contribution in [2.45, 2.75) is 46.5 Å². The van der Waals surface area contributed by atoms with Crippen LogP contribution in [0.25, 0.3) is 0 Å². The van der Waals surface area contributed by atoms with E-state index in [4.69, 9.17) is 0 Å². The van der Waals surface area contributed by atoms with E-state index >= 15 is 0 Å². The third-order valence-electron chi connectivity index (χ3n) is 2.09. The Kier molecular flexibility index (Phi) is 3.74. The molecule has 13 heavy (non-hydrogen) atoms. The molecule has 0 saturated heterocycles. The molecule has 1 nitrogen and oxygen atoms in total. The number of aliphatic hydroxyl groups excluding tert-OH is 1. The lowest BCUT2D eigenvalue weighted by atomic mass is 9.89. The zero-order valence-electron chi connectivity index (χ0n) is 9.73. The maximum Gasteiger partial charge on any atom is 0.0857 e. The monoisotopic (exact) mass is 198 g/mol. The van der Waals surface area contributed by atoms with Crippen molar-refractivity contribution in [2.75, 3.05) is 0 Å². The molecule has 0 spiro atoms. The third kappa shape index (κ3) is 3.51. The van der Waals surface area contributed by atoms with Gasteiger partial charge in [0.1, 0.15) is 0 Å². The minimum atomic E-state index is -1.47. The minimum Gasteiger partial charge on any atom is -0.388 e. The van der Waals surface area contributed by atoms with Crippen molar-refractivity contribution in [3.8, 4) is 0 Å². The first-order valence-electron chi connectivity index (χ1n) is 4.69. The summed E-state index contributed by atoms with van der Waals surface area (Å²) in [4.78, 5) is 0. The molecule has 0 saturated carbocycles. The van der Waals surface area contributed by atoms with Crippen LogP contribution in [0.4, 0.5) is 0 Å².